The highest BCUT2D eigenvalue weighted by molar-refractivity contribution is 5.99. The van der Waals surface area contributed by atoms with Crippen molar-refractivity contribution in [2.24, 2.45) is 5.73 Å². The molecule has 3 rings (SSSR count). The molecule has 2 aliphatic rings. The molecule has 0 spiro atoms. The van der Waals surface area contributed by atoms with Crippen molar-refractivity contribution >= 4 is 17.3 Å². The molecule has 4 nitrogen and oxygen atoms in total. The van der Waals surface area contributed by atoms with Crippen molar-refractivity contribution in [2.75, 3.05) is 17.3 Å². The number of hydrogen-bond donors (Lipinski definition) is 2. The first-order valence-electron chi connectivity index (χ1n) is 7.04. The summed E-state index contributed by atoms with van der Waals surface area (Å²) in [6.07, 6.45) is 5.05. The van der Waals surface area contributed by atoms with Gasteiger partial charge in [-0.2, -0.15) is 0 Å². The second-order valence-electron chi connectivity index (χ2n) is 5.75. The second kappa shape index (κ2) is 4.85. The molecule has 1 heterocycles. The maximum absolute atomic E-state index is 11.4. The van der Waals surface area contributed by atoms with Gasteiger partial charge >= 0.3 is 0 Å². The summed E-state index contributed by atoms with van der Waals surface area (Å²) >= 11 is 0. The molecule has 0 saturated heterocycles. The summed E-state index contributed by atoms with van der Waals surface area (Å²) in [6, 6.07) is 7.20. The van der Waals surface area contributed by atoms with Crippen LogP contribution in [-0.2, 0) is 11.2 Å². The number of nitrogens with one attached hydrogen (secondary N) is 1. The normalized spacial score (nSPS) is 25.9. The van der Waals surface area contributed by atoms with Crippen LogP contribution in [0.5, 0.6) is 0 Å². The molecule has 1 aliphatic heterocycles. The molecule has 19 heavy (non-hydrogen) atoms. The summed E-state index contributed by atoms with van der Waals surface area (Å²) in [6.45, 7) is 0. The lowest BCUT2D eigenvalue weighted by Crippen LogP contribution is -2.38. The molecular weight excluding hydrogens is 238 g/mol. The summed E-state index contributed by atoms with van der Waals surface area (Å²) in [5.74, 6) is 0.0958. The number of carbonyl (C=O) groups is 1. The Morgan fingerprint density at radius 3 is 2.74 bits per heavy atom. The van der Waals surface area contributed by atoms with Gasteiger partial charge in [-0.1, -0.05) is 0 Å². The molecule has 0 unspecified atom stereocenters. The third kappa shape index (κ3) is 2.45. The molecule has 3 N–H and O–H groups in total. The molecule has 0 bridgehead atoms. The van der Waals surface area contributed by atoms with Crippen LogP contribution in [0.1, 0.15) is 31.2 Å². The predicted octanol–water partition coefficient (Wildman–Crippen LogP) is 1.89. The third-order valence-corrected chi connectivity index (χ3v) is 4.41. The number of fused-ring (bicyclic) bond motifs is 1. The van der Waals surface area contributed by atoms with Crippen molar-refractivity contribution in [2.45, 2.75) is 44.2 Å². The Kier molecular flexibility index (Phi) is 3.19. The molecule has 0 atom stereocenters. The average molecular weight is 259 g/mol. The van der Waals surface area contributed by atoms with Gasteiger partial charge < -0.3 is 16.0 Å². The topological polar surface area (TPSA) is 58.4 Å². The maximum Gasteiger partial charge on any atom is 0.228 e. The maximum atomic E-state index is 11.4. The van der Waals surface area contributed by atoms with E-state index in [-0.39, 0.29) is 5.91 Å². The molecule has 1 aromatic rings. The minimum atomic E-state index is 0.0958. The van der Waals surface area contributed by atoms with Crippen LogP contribution < -0.4 is 16.0 Å². The van der Waals surface area contributed by atoms with Crippen molar-refractivity contribution in [1.29, 1.82) is 0 Å². The molecule has 1 saturated carbocycles. The zero-order valence-corrected chi connectivity index (χ0v) is 11.4. The first-order valence-corrected chi connectivity index (χ1v) is 7.04. The Hall–Kier alpha value is -1.55. The highest BCUT2D eigenvalue weighted by Gasteiger charge is 2.24. The van der Waals surface area contributed by atoms with Crippen LogP contribution in [-0.4, -0.2) is 25.0 Å². The summed E-state index contributed by atoms with van der Waals surface area (Å²) in [4.78, 5) is 13.7. The van der Waals surface area contributed by atoms with Crippen molar-refractivity contribution in [3.8, 4) is 0 Å². The van der Waals surface area contributed by atoms with Gasteiger partial charge in [0.25, 0.3) is 0 Å². The standard InChI is InChI=1S/C15H21N3O/c1-18(12-4-2-11(16)3-5-12)13-6-7-14-10(8-13)9-15(19)17-14/h6-8,11-12H,2-5,9,16H2,1H3,(H,17,19). The fourth-order valence-corrected chi connectivity index (χ4v) is 3.13. The Morgan fingerprint density at radius 2 is 2.00 bits per heavy atom. The molecule has 1 amide bonds. The van der Waals surface area contributed by atoms with E-state index in [9.17, 15) is 4.79 Å². The predicted molar refractivity (Wildman–Crippen MR) is 77.4 cm³/mol. The van der Waals surface area contributed by atoms with E-state index < -0.39 is 0 Å². The number of nitrogens with two attached hydrogens (primary N) is 1. The third-order valence-electron chi connectivity index (χ3n) is 4.41. The van der Waals surface area contributed by atoms with E-state index in [1.165, 1.54) is 5.69 Å². The molecule has 0 aromatic heterocycles. The molecule has 1 aliphatic carbocycles. The summed E-state index contributed by atoms with van der Waals surface area (Å²) < 4.78 is 0. The number of amides is 1. The van der Waals surface area contributed by atoms with Gasteiger partial charge in [-0.25, -0.2) is 0 Å². The number of benzene rings is 1. The smallest absolute Gasteiger partial charge is 0.228 e. The first-order chi connectivity index (χ1) is 9.13. The van der Waals surface area contributed by atoms with Gasteiger partial charge in [-0.15, -0.1) is 0 Å². The molecule has 4 heteroatoms. The van der Waals surface area contributed by atoms with Crippen LogP contribution >= 0.6 is 0 Å². The van der Waals surface area contributed by atoms with Crippen LogP contribution in [0, 0.1) is 0 Å². The van der Waals surface area contributed by atoms with Crippen LogP contribution in [0.3, 0.4) is 0 Å². The summed E-state index contributed by atoms with van der Waals surface area (Å²) in [5.41, 5.74) is 9.24. The number of nitrogens with zero attached hydrogens (tertiary/aromatic N) is 1. The van der Waals surface area contributed by atoms with Crippen molar-refractivity contribution < 1.29 is 4.79 Å². The van der Waals surface area contributed by atoms with Gasteiger partial charge in [0.15, 0.2) is 0 Å². The number of hydrogen-bond acceptors (Lipinski definition) is 3. The van der Waals surface area contributed by atoms with Gasteiger partial charge in [0.2, 0.25) is 5.91 Å². The van der Waals surface area contributed by atoms with Crippen LogP contribution in [0.25, 0.3) is 0 Å². The van der Waals surface area contributed by atoms with Gasteiger partial charge in [-0.05, 0) is 49.4 Å². The molecule has 102 valence electrons. The van der Waals surface area contributed by atoms with E-state index in [0.717, 1.165) is 36.9 Å². The number of anilines is 2. The van der Waals surface area contributed by atoms with Gasteiger partial charge in [0.05, 0.1) is 6.42 Å². The first kappa shape index (κ1) is 12.5. The minimum Gasteiger partial charge on any atom is -0.372 e. The van der Waals surface area contributed by atoms with Crippen molar-refractivity contribution in [3.63, 3.8) is 0 Å². The van der Waals surface area contributed by atoms with E-state index in [0.29, 0.717) is 18.5 Å². The summed E-state index contributed by atoms with van der Waals surface area (Å²) in [7, 11) is 2.15. The molecule has 0 radical (unpaired) electrons. The van der Waals surface area contributed by atoms with Crippen LogP contribution in [0.4, 0.5) is 11.4 Å². The zero-order valence-electron chi connectivity index (χ0n) is 11.4. The van der Waals surface area contributed by atoms with Crippen LogP contribution in [0.15, 0.2) is 18.2 Å². The van der Waals surface area contributed by atoms with E-state index in [1.807, 2.05) is 6.07 Å². The lowest BCUT2D eigenvalue weighted by Gasteiger charge is -2.35. The lowest BCUT2D eigenvalue weighted by atomic mass is 9.90. The molecular formula is C15H21N3O. The fraction of sp³-hybridized carbons (Fsp3) is 0.533. The Balaban J connectivity index is 1.75. The Labute approximate surface area is 114 Å². The van der Waals surface area contributed by atoms with Gasteiger partial charge in [-0.3, -0.25) is 4.79 Å². The highest BCUT2D eigenvalue weighted by atomic mass is 16.1. The van der Waals surface area contributed by atoms with Gasteiger partial charge in [0, 0.05) is 30.5 Å². The minimum absolute atomic E-state index is 0.0958. The average Bonchev–Trinajstić information content (AvgIpc) is 2.77. The second-order valence-corrected chi connectivity index (χ2v) is 5.75. The SMILES string of the molecule is CN(c1ccc2c(c1)CC(=O)N2)C1CCC(N)CC1. The Morgan fingerprint density at radius 1 is 1.26 bits per heavy atom. The Bertz CT molecular complexity index is 492. The quantitative estimate of drug-likeness (QED) is 0.852. The van der Waals surface area contributed by atoms with Crippen LogP contribution in [0.2, 0.25) is 0 Å². The number of carbonyl (C=O) groups excluding carboxylic acids is 1. The lowest BCUT2D eigenvalue weighted by molar-refractivity contribution is -0.115. The molecule has 1 aromatic carbocycles. The van der Waals surface area contributed by atoms with E-state index in [4.69, 9.17) is 5.73 Å². The van der Waals surface area contributed by atoms with Crippen molar-refractivity contribution in [1.82, 2.24) is 0 Å². The van der Waals surface area contributed by atoms with E-state index in [1.54, 1.807) is 0 Å². The monoisotopic (exact) mass is 259 g/mol. The van der Waals surface area contributed by atoms with Gasteiger partial charge in [0.1, 0.15) is 0 Å². The van der Waals surface area contributed by atoms with E-state index in [2.05, 4.69) is 29.4 Å². The highest BCUT2D eigenvalue weighted by Crippen LogP contribution is 2.30. The number of rotatable bonds is 2. The van der Waals surface area contributed by atoms with Crippen molar-refractivity contribution in [3.05, 3.63) is 23.8 Å². The fourth-order valence-electron chi connectivity index (χ4n) is 3.13. The molecule has 1 fully saturated rings. The summed E-state index contributed by atoms with van der Waals surface area (Å²) in [5, 5.41) is 2.87. The zero-order chi connectivity index (χ0) is 13.4. The van der Waals surface area contributed by atoms with E-state index >= 15 is 0 Å². The largest absolute Gasteiger partial charge is 0.372 e.